The van der Waals surface area contributed by atoms with Gasteiger partial charge in [0.15, 0.2) is 0 Å². The van der Waals surface area contributed by atoms with Gasteiger partial charge in [0.05, 0.1) is 5.56 Å². The topological polar surface area (TPSA) is 57.6 Å². The van der Waals surface area contributed by atoms with E-state index in [1.54, 1.807) is 24.3 Å². The van der Waals surface area contributed by atoms with E-state index in [1.807, 2.05) is 4.90 Å². The van der Waals surface area contributed by atoms with Crippen molar-refractivity contribution < 1.29 is 14.7 Å². The van der Waals surface area contributed by atoms with Crippen LogP contribution in [0, 0.1) is 5.41 Å². The number of carboxylic acids is 1. The molecular formula is C17H23NO3. The fourth-order valence-corrected chi connectivity index (χ4v) is 2.31. The predicted octanol–water partition coefficient (Wildman–Crippen LogP) is 3.31. The Morgan fingerprint density at radius 1 is 1.19 bits per heavy atom. The normalized spacial score (nSPS) is 14.8. The highest BCUT2D eigenvalue weighted by Gasteiger charge is 2.33. The fourth-order valence-electron chi connectivity index (χ4n) is 2.31. The van der Waals surface area contributed by atoms with Gasteiger partial charge in [-0.15, -0.1) is 0 Å². The Morgan fingerprint density at radius 2 is 1.76 bits per heavy atom. The van der Waals surface area contributed by atoms with Crippen molar-refractivity contribution in [3.05, 3.63) is 35.4 Å². The molecule has 1 aliphatic carbocycles. The van der Waals surface area contributed by atoms with Crippen LogP contribution in [0.4, 0.5) is 0 Å². The number of aromatic carboxylic acids is 1. The summed E-state index contributed by atoms with van der Waals surface area (Å²) >= 11 is 0. The standard InChI is InChI=1S/C17H23NO3/c1-17(2,3)10-15(19)18(14-8-9-14)11-12-4-6-13(7-5-12)16(20)21/h4-7,14H,8-11H2,1-3H3,(H,20,21). The lowest BCUT2D eigenvalue weighted by molar-refractivity contribution is -0.134. The van der Waals surface area contributed by atoms with Gasteiger partial charge in [-0.3, -0.25) is 4.79 Å². The number of rotatable bonds is 5. The van der Waals surface area contributed by atoms with Crippen molar-refractivity contribution >= 4 is 11.9 Å². The quantitative estimate of drug-likeness (QED) is 0.904. The Morgan fingerprint density at radius 3 is 2.19 bits per heavy atom. The zero-order valence-electron chi connectivity index (χ0n) is 12.9. The van der Waals surface area contributed by atoms with Gasteiger partial charge in [0.2, 0.25) is 5.91 Å². The van der Waals surface area contributed by atoms with Gasteiger partial charge in [-0.25, -0.2) is 4.79 Å². The molecule has 0 radical (unpaired) electrons. The third-order valence-corrected chi connectivity index (χ3v) is 3.54. The highest BCUT2D eigenvalue weighted by molar-refractivity contribution is 5.87. The second-order valence-corrected chi connectivity index (χ2v) is 6.99. The molecule has 4 nitrogen and oxygen atoms in total. The van der Waals surface area contributed by atoms with Gasteiger partial charge >= 0.3 is 5.97 Å². The Hall–Kier alpha value is -1.84. The van der Waals surface area contributed by atoms with Gasteiger partial charge in [0.25, 0.3) is 0 Å². The highest BCUT2D eigenvalue weighted by atomic mass is 16.4. The second-order valence-electron chi connectivity index (χ2n) is 6.99. The van der Waals surface area contributed by atoms with E-state index in [1.165, 1.54) is 0 Å². The summed E-state index contributed by atoms with van der Waals surface area (Å²) in [6.45, 7) is 6.77. The third kappa shape index (κ3) is 4.59. The minimum atomic E-state index is -0.926. The molecule has 0 spiro atoms. The molecule has 1 saturated carbocycles. The van der Waals surface area contributed by atoms with E-state index in [0.717, 1.165) is 18.4 Å². The molecule has 4 heteroatoms. The van der Waals surface area contributed by atoms with Crippen LogP contribution >= 0.6 is 0 Å². The van der Waals surface area contributed by atoms with Crippen LogP contribution < -0.4 is 0 Å². The lowest BCUT2D eigenvalue weighted by atomic mass is 9.91. The summed E-state index contributed by atoms with van der Waals surface area (Å²) in [6.07, 6.45) is 2.68. The first-order valence-electron chi connectivity index (χ1n) is 7.38. The Bertz CT molecular complexity index is 524. The molecule has 0 heterocycles. The third-order valence-electron chi connectivity index (χ3n) is 3.54. The van der Waals surface area contributed by atoms with Gasteiger partial charge in [-0.05, 0) is 36.0 Å². The number of nitrogens with zero attached hydrogens (tertiary/aromatic N) is 1. The SMILES string of the molecule is CC(C)(C)CC(=O)N(Cc1ccc(C(=O)O)cc1)C1CC1. The van der Waals surface area contributed by atoms with Crippen molar-refractivity contribution in [2.24, 2.45) is 5.41 Å². The van der Waals surface area contributed by atoms with Crippen LogP contribution in [0.3, 0.4) is 0 Å². The number of hydrogen-bond donors (Lipinski definition) is 1. The molecule has 0 saturated heterocycles. The summed E-state index contributed by atoms with van der Waals surface area (Å²) in [5.74, 6) is -0.739. The lowest BCUT2D eigenvalue weighted by Crippen LogP contribution is -2.34. The molecule has 1 N–H and O–H groups in total. The molecule has 114 valence electrons. The number of carbonyl (C=O) groups is 2. The lowest BCUT2D eigenvalue weighted by Gasteiger charge is -2.27. The number of amides is 1. The monoisotopic (exact) mass is 289 g/mol. The summed E-state index contributed by atoms with van der Waals surface area (Å²) in [4.78, 5) is 25.3. The van der Waals surface area contributed by atoms with E-state index in [0.29, 0.717) is 19.0 Å². The van der Waals surface area contributed by atoms with Gasteiger partial charge in [-0.1, -0.05) is 32.9 Å². The van der Waals surface area contributed by atoms with Crippen LogP contribution in [-0.2, 0) is 11.3 Å². The summed E-state index contributed by atoms with van der Waals surface area (Å²) in [5, 5.41) is 8.91. The molecule has 0 atom stereocenters. The maximum absolute atomic E-state index is 12.5. The summed E-state index contributed by atoms with van der Waals surface area (Å²) in [6, 6.07) is 7.14. The van der Waals surface area contributed by atoms with Crippen molar-refractivity contribution in [1.82, 2.24) is 4.90 Å². The molecule has 21 heavy (non-hydrogen) atoms. The molecule has 2 rings (SSSR count). The van der Waals surface area contributed by atoms with Crippen LogP contribution in [0.1, 0.15) is 56.0 Å². The predicted molar refractivity (Wildman–Crippen MR) is 81.0 cm³/mol. The van der Waals surface area contributed by atoms with Gasteiger partial charge in [-0.2, -0.15) is 0 Å². The van der Waals surface area contributed by atoms with Gasteiger partial charge in [0, 0.05) is 19.0 Å². The van der Waals surface area contributed by atoms with Crippen LogP contribution in [0.2, 0.25) is 0 Å². The Balaban J connectivity index is 2.06. The fraction of sp³-hybridized carbons (Fsp3) is 0.529. The van der Waals surface area contributed by atoms with E-state index in [2.05, 4.69) is 20.8 Å². The number of benzene rings is 1. The molecule has 0 bridgehead atoms. The summed E-state index contributed by atoms with van der Waals surface area (Å²) in [5.41, 5.74) is 1.24. The largest absolute Gasteiger partial charge is 0.478 e. The van der Waals surface area contributed by atoms with Crippen LogP contribution in [-0.4, -0.2) is 27.9 Å². The molecule has 1 aromatic rings. The van der Waals surface area contributed by atoms with Crippen LogP contribution in [0.15, 0.2) is 24.3 Å². The number of hydrogen-bond acceptors (Lipinski definition) is 2. The zero-order chi connectivity index (χ0) is 15.6. The summed E-state index contributed by atoms with van der Waals surface area (Å²) < 4.78 is 0. The molecule has 0 aromatic heterocycles. The van der Waals surface area contributed by atoms with Crippen molar-refractivity contribution in [3.63, 3.8) is 0 Å². The minimum Gasteiger partial charge on any atom is -0.478 e. The summed E-state index contributed by atoms with van der Waals surface area (Å²) in [7, 11) is 0. The van der Waals surface area contributed by atoms with E-state index < -0.39 is 5.97 Å². The van der Waals surface area contributed by atoms with E-state index >= 15 is 0 Å². The average molecular weight is 289 g/mol. The van der Waals surface area contributed by atoms with Gasteiger partial charge in [0.1, 0.15) is 0 Å². The van der Waals surface area contributed by atoms with Crippen molar-refractivity contribution in [1.29, 1.82) is 0 Å². The first kappa shape index (κ1) is 15.5. The zero-order valence-corrected chi connectivity index (χ0v) is 12.9. The molecule has 1 aromatic carbocycles. The van der Waals surface area contributed by atoms with E-state index in [-0.39, 0.29) is 16.9 Å². The molecular weight excluding hydrogens is 266 g/mol. The minimum absolute atomic E-state index is 0.0165. The second kappa shape index (κ2) is 5.88. The van der Waals surface area contributed by atoms with Crippen molar-refractivity contribution in [2.45, 2.75) is 52.6 Å². The van der Waals surface area contributed by atoms with Crippen LogP contribution in [0.5, 0.6) is 0 Å². The van der Waals surface area contributed by atoms with Gasteiger partial charge < -0.3 is 10.0 Å². The van der Waals surface area contributed by atoms with Crippen molar-refractivity contribution in [2.75, 3.05) is 0 Å². The first-order valence-corrected chi connectivity index (χ1v) is 7.38. The first-order chi connectivity index (χ1) is 9.76. The molecule has 1 aliphatic rings. The molecule has 0 aliphatic heterocycles. The average Bonchev–Trinajstić information content (AvgIpc) is 3.18. The number of carboxylic acid groups (broad SMARTS) is 1. The molecule has 0 unspecified atom stereocenters. The van der Waals surface area contributed by atoms with Crippen LogP contribution in [0.25, 0.3) is 0 Å². The van der Waals surface area contributed by atoms with E-state index in [4.69, 9.17) is 5.11 Å². The van der Waals surface area contributed by atoms with Crippen molar-refractivity contribution in [3.8, 4) is 0 Å². The van der Waals surface area contributed by atoms with E-state index in [9.17, 15) is 9.59 Å². The smallest absolute Gasteiger partial charge is 0.335 e. The maximum Gasteiger partial charge on any atom is 0.335 e. The maximum atomic E-state index is 12.5. The molecule has 1 amide bonds. The number of carbonyl (C=O) groups excluding carboxylic acids is 1. The highest BCUT2D eigenvalue weighted by Crippen LogP contribution is 2.31. The Labute approximate surface area is 125 Å². The molecule has 1 fully saturated rings. The Kier molecular flexibility index (Phi) is 4.35.